The van der Waals surface area contributed by atoms with E-state index in [4.69, 9.17) is 0 Å². The number of sulfonamides is 1. The number of hydrogen-bond acceptors (Lipinski definition) is 2. The molecule has 0 bridgehead atoms. The van der Waals surface area contributed by atoms with Gasteiger partial charge in [0.1, 0.15) is 0 Å². The summed E-state index contributed by atoms with van der Waals surface area (Å²) in [4.78, 5) is 0.542. The topological polar surface area (TPSA) is 37.4 Å². The van der Waals surface area contributed by atoms with Gasteiger partial charge in [0.2, 0.25) is 0 Å². The van der Waals surface area contributed by atoms with Crippen molar-refractivity contribution >= 4 is 10.0 Å². The van der Waals surface area contributed by atoms with E-state index < -0.39 is 10.0 Å². The second-order valence-corrected chi connectivity index (χ2v) is 8.08. The van der Waals surface area contributed by atoms with Gasteiger partial charge in [-0.1, -0.05) is 33.3 Å². The fourth-order valence-electron chi connectivity index (χ4n) is 2.81. The Kier molecular flexibility index (Phi) is 4.55. The van der Waals surface area contributed by atoms with Crippen LogP contribution >= 0.6 is 0 Å². The normalized spacial score (nSPS) is 19.3. The molecule has 4 heteroatoms. The van der Waals surface area contributed by atoms with Crippen molar-refractivity contribution in [1.29, 1.82) is 0 Å². The lowest BCUT2D eigenvalue weighted by Crippen LogP contribution is -2.34. The number of nitrogens with zero attached hydrogens (tertiary/aromatic N) is 1. The molecule has 0 atom stereocenters. The number of rotatable bonds is 3. The van der Waals surface area contributed by atoms with Gasteiger partial charge in [-0.15, -0.1) is 0 Å². The van der Waals surface area contributed by atoms with E-state index in [-0.39, 0.29) is 17.9 Å². The molecule has 0 fully saturated rings. The van der Waals surface area contributed by atoms with Crippen LogP contribution in [0.2, 0.25) is 0 Å². The Morgan fingerprint density at radius 3 is 1.68 bits per heavy atom. The highest BCUT2D eigenvalue weighted by atomic mass is 32.2. The minimum absolute atomic E-state index is 0.0481. The summed E-state index contributed by atoms with van der Waals surface area (Å²) in [6, 6.07) is -0.0481. The van der Waals surface area contributed by atoms with Gasteiger partial charge in [-0.3, -0.25) is 4.31 Å². The summed E-state index contributed by atoms with van der Waals surface area (Å²) in [5.74, 6) is 0.409. The van der Waals surface area contributed by atoms with Crippen LogP contribution in [-0.4, -0.2) is 18.8 Å². The molecular formula is C15H27NO2S. The van der Waals surface area contributed by atoms with Crippen LogP contribution in [0.3, 0.4) is 0 Å². The maximum atomic E-state index is 12.8. The first kappa shape index (κ1) is 16.3. The molecule has 0 saturated carbocycles. The highest BCUT2D eigenvalue weighted by Gasteiger charge is 2.43. The highest BCUT2D eigenvalue weighted by Crippen LogP contribution is 2.44. The zero-order chi connectivity index (χ0) is 15.1. The first-order valence-corrected chi connectivity index (χ1v) is 8.43. The van der Waals surface area contributed by atoms with Gasteiger partial charge in [-0.25, -0.2) is 8.42 Å². The Balaban J connectivity index is 3.76. The van der Waals surface area contributed by atoms with Crippen molar-refractivity contribution in [2.45, 2.75) is 61.4 Å². The molecule has 0 amide bonds. The molecule has 1 rings (SSSR count). The molecule has 0 aliphatic carbocycles. The van der Waals surface area contributed by atoms with E-state index in [1.54, 1.807) is 4.31 Å². The third kappa shape index (κ3) is 2.60. The van der Waals surface area contributed by atoms with E-state index >= 15 is 0 Å². The lowest BCUT2D eigenvalue weighted by Gasteiger charge is -2.27. The van der Waals surface area contributed by atoms with E-state index in [1.807, 2.05) is 27.7 Å². The minimum atomic E-state index is -3.38. The van der Waals surface area contributed by atoms with Crippen LogP contribution in [0.4, 0.5) is 0 Å². The molecule has 3 nitrogen and oxygen atoms in total. The van der Waals surface area contributed by atoms with Crippen LogP contribution in [0.5, 0.6) is 0 Å². The predicted molar refractivity (Wildman–Crippen MR) is 81.0 cm³/mol. The second-order valence-electron chi connectivity index (χ2n) is 6.33. The molecule has 0 saturated heterocycles. The first-order chi connectivity index (χ1) is 8.53. The molecule has 0 N–H and O–H groups in total. The Morgan fingerprint density at radius 1 is 0.947 bits per heavy atom. The quantitative estimate of drug-likeness (QED) is 0.788. The van der Waals surface area contributed by atoms with Crippen molar-refractivity contribution < 1.29 is 8.42 Å². The van der Waals surface area contributed by atoms with Crippen LogP contribution in [0.25, 0.3) is 0 Å². The average Bonchev–Trinajstić information content (AvgIpc) is 2.45. The van der Waals surface area contributed by atoms with Gasteiger partial charge >= 0.3 is 0 Å². The number of allylic oxidation sites excluding steroid dienone is 3. The lowest BCUT2D eigenvalue weighted by atomic mass is 9.93. The summed E-state index contributed by atoms with van der Waals surface area (Å²) < 4.78 is 27.3. The third-order valence-electron chi connectivity index (χ3n) is 3.32. The van der Waals surface area contributed by atoms with Crippen LogP contribution < -0.4 is 0 Å². The average molecular weight is 285 g/mol. The van der Waals surface area contributed by atoms with Gasteiger partial charge in [0.25, 0.3) is 10.0 Å². The summed E-state index contributed by atoms with van der Waals surface area (Å²) in [5, 5.41) is 0. The van der Waals surface area contributed by atoms with Gasteiger partial charge in [0.15, 0.2) is 0 Å². The monoisotopic (exact) mass is 285 g/mol. The fraction of sp³-hybridized carbons (Fsp3) is 0.733. The summed E-state index contributed by atoms with van der Waals surface area (Å²) in [5.41, 5.74) is 2.86. The standard InChI is InChI=1S/C15H27NO2S/c1-9(2)13-14(10(3)4)16(12(7)8)19(17,18)15(13)11(5)6/h9-10,12H,1-8H3. The largest absolute Gasteiger partial charge is 0.267 e. The van der Waals surface area contributed by atoms with Crippen molar-refractivity contribution in [3.63, 3.8) is 0 Å². The van der Waals surface area contributed by atoms with E-state index in [2.05, 4.69) is 27.7 Å². The van der Waals surface area contributed by atoms with E-state index in [9.17, 15) is 8.42 Å². The zero-order valence-corrected chi connectivity index (χ0v) is 14.2. The molecule has 0 radical (unpaired) electrons. The van der Waals surface area contributed by atoms with Crippen LogP contribution in [-0.2, 0) is 10.0 Å². The van der Waals surface area contributed by atoms with Gasteiger partial charge < -0.3 is 0 Å². The summed E-state index contributed by atoms with van der Waals surface area (Å²) in [7, 11) is -3.38. The maximum Gasteiger partial charge on any atom is 0.264 e. The summed E-state index contributed by atoms with van der Waals surface area (Å²) in [6.07, 6.45) is 0. The Morgan fingerprint density at radius 2 is 1.42 bits per heavy atom. The van der Waals surface area contributed by atoms with Crippen molar-refractivity contribution in [2.75, 3.05) is 0 Å². The maximum absolute atomic E-state index is 12.8. The van der Waals surface area contributed by atoms with Crippen molar-refractivity contribution in [2.24, 2.45) is 11.8 Å². The molecule has 1 aliphatic rings. The van der Waals surface area contributed by atoms with Gasteiger partial charge in [-0.2, -0.15) is 0 Å². The van der Waals surface area contributed by atoms with E-state index in [0.717, 1.165) is 16.8 Å². The zero-order valence-electron chi connectivity index (χ0n) is 13.4. The van der Waals surface area contributed by atoms with E-state index in [0.29, 0.717) is 4.91 Å². The predicted octanol–water partition coefficient (Wildman–Crippen LogP) is 3.90. The van der Waals surface area contributed by atoms with Crippen molar-refractivity contribution in [3.8, 4) is 0 Å². The molecule has 19 heavy (non-hydrogen) atoms. The fourth-order valence-corrected chi connectivity index (χ4v) is 5.26. The molecule has 0 aromatic heterocycles. The second kappa shape index (κ2) is 5.31. The van der Waals surface area contributed by atoms with Crippen LogP contribution in [0, 0.1) is 11.8 Å². The number of hydrogen-bond donors (Lipinski definition) is 0. The smallest absolute Gasteiger partial charge is 0.264 e. The highest BCUT2D eigenvalue weighted by molar-refractivity contribution is 7.93. The molecule has 0 aromatic carbocycles. The van der Waals surface area contributed by atoms with Gasteiger partial charge in [0, 0.05) is 11.7 Å². The molecule has 0 spiro atoms. The van der Waals surface area contributed by atoms with Crippen molar-refractivity contribution in [1.82, 2.24) is 4.31 Å². The summed E-state index contributed by atoms with van der Waals surface area (Å²) >= 11 is 0. The molecule has 1 aliphatic heterocycles. The molecule has 0 unspecified atom stereocenters. The summed E-state index contributed by atoms with van der Waals surface area (Å²) in [6.45, 7) is 15.9. The van der Waals surface area contributed by atoms with Gasteiger partial charge in [0.05, 0.1) is 4.91 Å². The minimum Gasteiger partial charge on any atom is -0.267 e. The SMILES string of the molecule is CC(C)=C1C(C(C)C)=C(C(C)C)N(C(C)C)S1(=O)=O. The molecule has 1 heterocycles. The van der Waals surface area contributed by atoms with Crippen molar-refractivity contribution in [3.05, 3.63) is 21.7 Å². The molecule has 110 valence electrons. The van der Waals surface area contributed by atoms with E-state index in [1.165, 1.54) is 0 Å². The molecule has 0 aromatic rings. The Hall–Kier alpha value is -0.770. The van der Waals surface area contributed by atoms with Gasteiger partial charge in [-0.05, 0) is 45.1 Å². The first-order valence-electron chi connectivity index (χ1n) is 6.99. The van der Waals surface area contributed by atoms with Crippen LogP contribution in [0.15, 0.2) is 21.7 Å². The Bertz CT molecular complexity index is 518. The van der Waals surface area contributed by atoms with Crippen LogP contribution in [0.1, 0.15) is 55.4 Å². The Labute approximate surface area is 118 Å². The lowest BCUT2D eigenvalue weighted by molar-refractivity contribution is 0.391. The molecular weight excluding hydrogens is 258 g/mol. The third-order valence-corrected chi connectivity index (χ3v) is 5.60.